The average molecular weight is 182 g/mol. The molecule has 0 aliphatic rings. The molecule has 1 rings (SSSR count). The Hall–Kier alpha value is -1.16. The second-order valence-electron chi connectivity index (χ2n) is 2.22. The van der Waals surface area contributed by atoms with Crippen molar-refractivity contribution in [2.75, 3.05) is 6.54 Å². The van der Waals surface area contributed by atoms with Gasteiger partial charge in [0, 0.05) is 24.0 Å². The molecular formula is C8H10N2OS. The van der Waals surface area contributed by atoms with Crippen LogP contribution in [-0.2, 0) is 11.2 Å². The standard InChI is InChI=1S/C8H10N2OS/c1-2-8(11)9-5-3-7-4-6-10-12-7/h2,4,6H,1,3,5H2,(H,9,11). The van der Waals surface area contributed by atoms with Gasteiger partial charge in [-0.05, 0) is 23.7 Å². The van der Waals surface area contributed by atoms with E-state index in [1.165, 1.54) is 22.5 Å². The lowest BCUT2D eigenvalue weighted by molar-refractivity contribution is -0.116. The number of hydrogen-bond donors (Lipinski definition) is 1. The van der Waals surface area contributed by atoms with E-state index in [1.807, 2.05) is 6.07 Å². The van der Waals surface area contributed by atoms with E-state index < -0.39 is 0 Å². The van der Waals surface area contributed by atoms with Gasteiger partial charge in [-0.3, -0.25) is 4.79 Å². The summed E-state index contributed by atoms with van der Waals surface area (Å²) in [6, 6.07) is 1.95. The summed E-state index contributed by atoms with van der Waals surface area (Å²) in [5, 5.41) is 2.69. The highest BCUT2D eigenvalue weighted by Crippen LogP contribution is 2.03. The molecule has 0 aliphatic carbocycles. The summed E-state index contributed by atoms with van der Waals surface area (Å²) < 4.78 is 3.95. The van der Waals surface area contributed by atoms with Gasteiger partial charge in [0.1, 0.15) is 0 Å². The maximum atomic E-state index is 10.7. The van der Waals surface area contributed by atoms with E-state index in [2.05, 4.69) is 16.3 Å². The van der Waals surface area contributed by atoms with Crippen molar-refractivity contribution in [3.63, 3.8) is 0 Å². The van der Waals surface area contributed by atoms with E-state index >= 15 is 0 Å². The monoisotopic (exact) mass is 182 g/mol. The van der Waals surface area contributed by atoms with Gasteiger partial charge in [0.2, 0.25) is 5.91 Å². The zero-order valence-corrected chi connectivity index (χ0v) is 7.43. The van der Waals surface area contributed by atoms with Gasteiger partial charge in [0.15, 0.2) is 0 Å². The van der Waals surface area contributed by atoms with Crippen molar-refractivity contribution in [1.82, 2.24) is 9.69 Å². The van der Waals surface area contributed by atoms with Crippen molar-refractivity contribution in [1.29, 1.82) is 0 Å². The molecule has 0 saturated heterocycles. The van der Waals surface area contributed by atoms with E-state index in [1.54, 1.807) is 6.20 Å². The molecule has 1 aromatic rings. The summed E-state index contributed by atoms with van der Waals surface area (Å²) in [7, 11) is 0. The molecule has 64 valence electrons. The normalized spacial score (nSPS) is 9.33. The van der Waals surface area contributed by atoms with Crippen molar-refractivity contribution in [3.05, 3.63) is 29.8 Å². The Balaban J connectivity index is 2.19. The number of carbonyl (C=O) groups is 1. The SMILES string of the molecule is C=CC(=O)NCCc1ccns1. The topological polar surface area (TPSA) is 42.0 Å². The van der Waals surface area contributed by atoms with Crippen molar-refractivity contribution in [2.24, 2.45) is 0 Å². The van der Waals surface area contributed by atoms with Gasteiger partial charge >= 0.3 is 0 Å². The van der Waals surface area contributed by atoms with Gasteiger partial charge in [0.25, 0.3) is 0 Å². The van der Waals surface area contributed by atoms with Crippen LogP contribution in [0.5, 0.6) is 0 Å². The number of nitrogens with zero attached hydrogens (tertiary/aromatic N) is 1. The quantitative estimate of drug-likeness (QED) is 0.705. The lowest BCUT2D eigenvalue weighted by Gasteiger charge is -1.98. The van der Waals surface area contributed by atoms with Gasteiger partial charge in [0.05, 0.1) is 0 Å². The third kappa shape index (κ3) is 2.84. The second kappa shape index (κ2) is 4.66. The summed E-state index contributed by atoms with van der Waals surface area (Å²) in [5.41, 5.74) is 0. The van der Waals surface area contributed by atoms with Crippen LogP contribution in [0.2, 0.25) is 0 Å². The molecule has 0 aromatic carbocycles. The highest BCUT2D eigenvalue weighted by atomic mass is 32.1. The second-order valence-corrected chi connectivity index (χ2v) is 3.14. The first kappa shape index (κ1) is 8.93. The zero-order valence-electron chi connectivity index (χ0n) is 6.62. The largest absolute Gasteiger partial charge is 0.352 e. The molecule has 0 aliphatic heterocycles. The average Bonchev–Trinajstić information content (AvgIpc) is 2.57. The maximum Gasteiger partial charge on any atom is 0.243 e. The number of carbonyl (C=O) groups excluding carboxylic acids is 1. The van der Waals surface area contributed by atoms with E-state index in [-0.39, 0.29) is 5.91 Å². The van der Waals surface area contributed by atoms with E-state index in [0.29, 0.717) is 6.54 Å². The minimum Gasteiger partial charge on any atom is -0.352 e. The number of hydrogen-bond acceptors (Lipinski definition) is 3. The van der Waals surface area contributed by atoms with Gasteiger partial charge < -0.3 is 5.32 Å². The van der Waals surface area contributed by atoms with Crippen molar-refractivity contribution < 1.29 is 4.79 Å². The Bertz CT molecular complexity index is 256. The molecule has 0 unspecified atom stereocenters. The molecule has 1 N–H and O–H groups in total. The minimum absolute atomic E-state index is 0.125. The first-order valence-electron chi connectivity index (χ1n) is 3.63. The molecule has 1 aromatic heterocycles. The third-order valence-electron chi connectivity index (χ3n) is 1.35. The van der Waals surface area contributed by atoms with Gasteiger partial charge in [-0.1, -0.05) is 6.58 Å². The molecule has 1 heterocycles. The van der Waals surface area contributed by atoms with E-state index in [9.17, 15) is 4.79 Å². The summed E-state index contributed by atoms with van der Waals surface area (Å²) >= 11 is 1.46. The maximum absolute atomic E-state index is 10.7. The number of nitrogens with one attached hydrogen (secondary N) is 1. The van der Waals surface area contributed by atoms with Crippen LogP contribution in [0, 0.1) is 0 Å². The summed E-state index contributed by atoms with van der Waals surface area (Å²) in [6.07, 6.45) is 3.87. The summed E-state index contributed by atoms with van der Waals surface area (Å²) in [4.78, 5) is 11.9. The Morgan fingerprint density at radius 2 is 2.67 bits per heavy atom. The molecule has 0 saturated carbocycles. The van der Waals surface area contributed by atoms with Crippen LogP contribution in [0.25, 0.3) is 0 Å². The van der Waals surface area contributed by atoms with Crippen LogP contribution in [-0.4, -0.2) is 16.8 Å². The Labute approximate surface area is 75.3 Å². The number of rotatable bonds is 4. The predicted molar refractivity (Wildman–Crippen MR) is 49.0 cm³/mol. The highest BCUT2D eigenvalue weighted by molar-refractivity contribution is 7.05. The lowest BCUT2D eigenvalue weighted by Crippen LogP contribution is -2.22. The van der Waals surface area contributed by atoms with Crippen LogP contribution in [0.4, 0.5) is 0 Å². The molecular weight excluding hydrogens is 172 g/mol. The molecule has 0 radical (unpaired) electrons. The smallest absolute Gasteiger partial charge is 0.243 e. The highest BCUT2D eigenvalue weighted by Gasteiger charge is 1.95. The van der Waals surface area contributed by atoms with E-state index in [4.69, 9.17) is 0 Å². The van der Waals surface area contributed by atoms with Crippen LogP contribution >= 0.6 is 11.5 Å². The summed E-state index contributed by atoms with van der Waals surface area (Å²) in [5.74, 6) is -0.125. The molecule has 0 atom stereocenters. The van der Waals surface area contributed by atoms with Crippen LogP contribution in [0.3, 0.4) is 0 Å². The van der Waals surface area contributed by atoms with Crippen molar-refractivity contribution in [2.45, 2.75) is 6.42 Å². The van der Waals surface area contributed by atoms with Crippen LogP contribution < -0.4 is 5.32 Å². The van der Waals surface area contributed by atoms with Crippen LogP contribution in [0.1, 0.15) is 4.88 Å². The predicted octanol–water partition coefficient (Wildman–Crippen LogP) is 0.988. The van der Waals surface area contributed by atoms with Crippen LogP contribution in [0.15, 0.2) is 24.9 Å². The molecule has 12 heavy (non-hydrogen) atoms. The molecule has 4 heteroatoms. The number of aromatic nitrogens is 1. The zero-order chi connectivity index (χ0) is 8.81. The first-order valence-corrected chi connectivity index (χ1v) is 4.40. The van der Waals surface area contributed by atoms with Crippen molar-refractivity contribution >= 4 is 17.4 Å². The van der Waals surface area contributed by atoms with Crippen molar-refractivity contribution in [3.8, 4) is 0 Å². The molecule has 0 fully saturated rings. The van der Waals surface area contributed by atoms with Gasteiger partial charge in [-0.25, -0.2) is 4.37 Å². The number of amides is 1. The van der Waals surface area contributed by atoms with E-state index in [0.717, 1.165) is 6.42 Å². The van der Waals surface area contributed by atoms with Gasteiger partial charge in [-0.2, -0.15) is 0 Å². The Kier molecular flexibility index (Phi) is 3.47. The molecule has 1 amide bonds. The molecule has 3 nitrogen and oxygen atoms in total. The fourth-order valence-corrected chi connectivity index (χ4v) is 1.32. The fourth-order valence-electron chi connectivity index (χ4n) is 0.752. The minimum atomic E-state index is -0.125. The fraction of sp³-hybridized carbons (Fsp3) is 0.250. The molecule has 0 spiro atoms. The Morgan fingerprint density at radius 3 is 3.25 bits per heavy atom. The lowest BCUT2D eigenvalue weighted by atomic mass is 10.3. The third-order valence-corrected chi connectivity index (χ3v) is 2.15. The first-order chi connectivity index (χ1) is 5.83. The Morgan fingerprint density at radius 1 is 1.83 bits per heavy atom. The molecule has 0 bridgehead atoms. The summed E-state index contributed by atoms with van der Waals surface area (Å²) in [6.45, 7) is 4.00. The van der Waals surface area contributed by atoms with Gasteiger partial charge in [-0.15, -0.1) is 0 Å².